The largest absolute Gasteiger partial charge is 0.380 e. The fourth-order valence-electron chi connectivity index (χ4n) is 4.11. The van der Waals surface area contributed by atoms with Crippen LogP contribution in [0.25, 0.3) is 0 Å². The summed E-state index contributed by atoms with van der Waals surface area (Å²) in [6.07, 6.45) is 0.378. The van der Waals surface area contributed by atoms with Gasteiger partial charge >= 0.3 is 0 Å². The van der Waals surface area contributed by atoms with Crippen LogP contribution in [0.5, 0.6) is 0 Å². The third-order valence-corrected chi connectivity index (χ3v) is 6.17. The first kappa shape index (κ1) is 23.2. The van der Waals surface area contributed by atoms with Crippen molar-refractivity contribution in [1.82, 2.24) is 4.90 Å². The lowest BCUT2D eigenvalue weighted by Gasteiger charge is -2.27. The van der Waals surface area contributed by atoms with E-state index in [0.29, 0.717) is 36.8 Å². The molecule has 9 heteroatoms. The summed E-state index contributed by atoms with van der Waals surface area (Å²) in [7, 11) is 1.58. The van der Waals surface area contributed by atoms with Crippen LogP contribution in [0.2, 0.25) is 5.02 Å². The standard InChI is InChI=1S/C24H26ClN3O5/c1-32-20-13-21(24(31)26-18-6-4-17(25)5-7-18)28(14-20)22(29)12-16-2-8-19(9-3-16)27-10-11-33-15-23(27)30/h2-9,20-21H,10-15H2,1H3,(H,26,31)/t20-,21+/m1/s1. The molecule has 0 aromatic heterocycles. The highest BCUT2D eigenvalue weighted by Gasteiger charge is 2.39. The molecule has 0 spiro atoms. The lowest BCUT2D eigenvalue weighted by atomic mass is 10.1. The zero-order valence-corrected chi connectivity index (χ0v) is 19.1. The molecular formula is C24H26ClN3O5. The van der Waals surface area contributed by atoms with E-state index in [0.717, 1.165) is 11.3 Å². The number of rotatable bonds is 6. The molecule has 0 unspecified atom stereocenters. The van der Waals surface area contributed by atoms with E-state index in [9.17, 15) is 14.4 Å². The summed E-state index contributed by atoms with van der Waals surface area (Å²) in [5, 5.41) is 3.44. The molecule has 2 aliphatic heterocycles. The van der Waals surface area contributed by atoms with Crippen molar-refractivity contribution < 1.29 is 23.9 Å². The Morgan fingerprint density at radius 2 is 1.88 bits per heavy atom. The van der Waals surface area contributed by atoms with Crippen molar-refractivity contribution in [2.24, 2.45) is 0 Å². The van der Waals surface area contributed by atoms with Crippen LogP contribution in [0.1, 0.15) is 12.0 Å². The zero-order chi connectivity index (χ0) is 23.4. The molecule has 2 atom stereocenters. The van der Waals surface area contributed by atoms with Crippen LogP contribution < -0.4 is 10.2 Å². The first-order chi connectivity index (χ1) is 15.9. The van der Waals surface area contributed by atoms with E-state index in [2.05, 4.69) is 5.32 Å². The number of ether oxygens (including phenoxy) is 2. The summed E-state index contributed by atoms with van der Waals surface area (Å²) in [5.74, 6) is -0.491. The van der Waals surface area contributed by atoms with E-state index in [1.807, 2.05) is 24.3 Å². The maximum absolute atomic E-state index is 13.1. The van der Waals surface area contributed by atoms with Gasteiger partial charge in [0.15, 0.2) is 0 Å². The maximum Gasteiger partial charge on any atom is 0.253 e. The minimum Gasteiger partial charge on any atom is -0.380 e. The third-order valence-electron chi connectivity index (χ3n) is 5.92. The minimum absolute atomic E-state index is 0.0787. The van der Waals surface area contributed by atoms with Crippen LogP contribution in [0, 0.1) is 0 Å². The Morgan fingerprint density at radius 1 is 1.15 bits per heavy atom. The van der Waals surface area contributed by atoms with Crippen LogP contribution in [-0.4, -0.2) is 68.2 Å². The van der Waals surface area contributed by atoms with Gasteiger partial charge in [-0.3, -0.25) is 14.4 Å². The molecule has 0 bridgehead atoms. The fraction of sp³-hybridized carbons (Fsp3) is 0.375. The monoisotopic (exact) mass is 471 g/mol. The Kier molecular flexibility index (Phi) is 7.27. The van der Waals surface area contributed by atoms with Crippen molar-refractivity contribution in [3.63, 3.8) is 0 Å². The van der Waals surface area contributed by atoms with Crippen LogP contribution in [0.3, 0.4) is 0 Å². The second kappa shape index (κ2) is 10.3. The molecule has 0 radical (unpaired) electrons. The number of nitrogens with zero attached hydrogens (tertiary/aromatic N) is 2. The van der Waals surface area contributed by atoms with Gasteiger partial charge in [-0.1, -0.05) is 23.7 Å². The highest BCUT2D eigenvalue weighted by molar-refractivity contribution is 6.30. The Bertz CT molecular complexity index is 1010. The number of nitrogens with one attached hydrogen (secondary N) is 1. The summed E-state index contributed by atoms with van der Waals surface area (Å²) in [5.41, 5.74) is 2.20. The predicted octanol–water partition coefficient (Wildman–Crippen LogP) is 2.50. The molecule has 0 aliphatic carbocycles. The van der Waals surface area contributed by atoms with Gasteiger partial charge in [0.05, 0.1) is 19.1 Å². The number of benzene rings is 2. The average molecular weight is 472 g/mol. The predicted molar refractivity (Wildman–Crippen MR) is 124 cm³/mol. The van der Waals surface area contributed by atoms with Gasteiger partial charge in [-0.05, 0) is 42.0 Å². The Balaban J connectivity index is 1.42. The number of halogens is 1. The zero-order valence-electron chi connectivity index (χ0n) is 18.3. The number of hydrogen-bond donors (Lipinski definition) is 1. The van der Waals surface area contributed by atoms with E-state index in [-0.39, 0.29) is 36.9 Å². The van der Waals surface area contributed by atoms with Crippen LogP contribution >= 0.6 is 11.6 Å². The normalized spacial score (nSPS) is 20.7. The van der Waals surface area contributed by atoms with Crippen molar-refractivity contribution in [1.29, 1.82) is 0 Å². The number of anilines is 2. The van der Waals surface area contributed by atoms with E-state index >= 15 is 0 Å². The van der Waals surface area contributed by atoms with Gasteiger partial charge in [0.25, 0.3) is 5.91 Å². The molecule has 1 N–H and O–H groups in total. The van der Waals surface area contributed by atoms with E-state index < -0.39 is 6.04 Å². The number of amides is 3. The Morgan fingerprint density at radius 3 is 2.55 bits per heavy atom. The van der Waals surface area contributed by atoms with Crippen molar-refractivity contribution in [2.45, 2.75) is 25.0 Å². The summed E-state index contributed by atoms with van der Waals surface area (Å²) in [4.78, 5) is 41.3. The summed E-state index contributed by atoms with van der Waals surface area (Å²) < 4.78 is 10.6. The number of carbonyl (C=O) groups is 3. The molecule has 2 aromatic carbocycles. The average Bonchev–Trinajstić information content (AvgIpc) is 3.27. The topological polar surface area (TPSA) is 88.2 Å². The second-order valence-electron chi connectivity index (χ2n) is 8.09. The summed E-state index contributed by atoms with van der Waals surface area (Å²) >= 11 is 5.91. The minimum atomic E-state index is -0.622. The molecule has 2 fully saturated rings. The highest BCUT2D eigenvalue weighted by Crippen LogP contribution is 2.24. The molecule has 33 heavy (non-hydrogen) atoms. The van der Waals surface area contributed by atoms with Gasteiger partial charge in [0.2, 0.25) is 11.8 Å². The number of carbonyl (C=O) groups excluding carboxylic acids is 3. The molecule has 4 rings (SSSR count). The molecule has 0 saturated carbocycles. The second-order valence-corrected chi connectivity index (χ2v) is 8.53. The van der Waals surface area contributed by atoms with Gasteiger partial charge in [0.1, 0.15) is 12.6 Å². The SMILES string of the molecule is CO[C@@H]1C[C@@H](C(=O)Nc2ccc(Cl)cc2)N(C(=O)Cc2ccc(N3CCOCC3=O)cc2)C1. The van der Waals surface area contributed by atoms with Crippen molar-refractivity contribution >= 4 is 40.7 Å². The fourth-order valence-corrected chi connectivity index (χ4v) is 4.24. The molecule has 2 saturated heterocycles. The summed E-state index contributed by atoms with van der Waals surface area (Å²) in [6.45, 7) is 1.44. The van der Waals surface area contributed by atoms with Crippen LogP contribution in [-0.2, 0) is 30.3 Å². The first-order valence-electron chi connectivity index (χ1n) is 10.8. The highest BCUT2D eigenvalue weighted by atomic mass is 35.5. The first-order valence-corrected chi connectivity index (χ1v) is 11.2. The van der Waals surface area contributed by atoms with E-state index in [1.54, 1.807) is 41.2 Å². The smallest absolute Gasteiger partial charge is 0.253 e. The molecule has 2 aliphatic rings. The molecule has 3 amide bonds. The molecule has 2 heterocycles. The number of hydrogen-bond acceptors (Lipinski definition) is 5. The number of morpholine rings is 1. The molecular weight excluding hydrogens is 446 g/mol. The Labute approximate surface area is 197 Å². The maximum atomic E-state index is 13.1. The lowest BCUT2D eigenvalue weighted by Crippen LogP contribution is -2.44. The molecule has 174 valence electrons. The van der Waals surface area contributed by atoms with Crippen molar-refractivity contribution in [3.05, 3.63) is 59.1 Å². The third kappa shape index (κ3) is 5.52. The van der Waals surface area contributed by atoms with E-state index in [1.165, 1.54) is 0 Å². The lowest BCUT2D eigenvalue weighted by molar-refractivity contribution is -0.136. The van der Waals surface area contributed by atoms with Gasteiger partial charge in [0, 0.05) is 43.0 Å². The summed E-state index contributed by atoms with van der Waals surface area (Å²) in [6, 6.07) is 13.5. The van der Waals surface area contributed by atoms with Gasteiger partial charge in [-0.15, -0.1) is 0 Å². The number of methoxy groups -OCH3 is 1. The Hall–Kier alpha value is -2.94. The number of likely N-dealkylation sites (tertiary alicyclic amines) is 1. The van der Waals surface area contributed by atoms with Gasteiger partial charge < -0.3 is 24.6 Å². The van der Waals surface area contributed by atoms with Gasteiger partial charge in [-0.2, -0.15) is 0 Å². The molecule has 2 aromatic rings. The van der Waals surface area contributed by atoms with Crippen molar-refractivity contribution in [3.8, 4) is 0 Å². The van der Waals surface area contributed by atoms with Crippen LogP contribution in [0.4, 0.5) is 11.4 Å². The van der Waals surface area contributed by atoms with Crippen LogP contribution in [0.15, 0.2) is 48.5 Å². The van der Waals surface area contributed by atoms with E-state index in [4.69, 9.17) is 21.1 Å². The molecule has 8 nitrogen and oxygen atoms in total. The van der Waals surface area contributed by atoms with Crippen molar-refractivity contribution in [2.75, 3.05) is 43.6 Å². The van der Waals surface area contributed by atoms with Gasteiger partial charge in [-0.25, -0.2) is 0 Å². The quantitative estimate of drug-likeness (QED) is 0.699.